The molecule has 0 heterocycles. The molecule has 1 fully saturated rings. The molecule has 0 unspecified atom stereocenters. The summed E-state index contributed by atoms with van der Waals surface area (Å²) in [5.74, 6) is -2.27. The van der Waals surface area contributed by atoms with Crippen LogP contribution in [0.15, 0.2) is 36.9 Å². The van der Waals surface area contributed by atoms with E-state index in [1.54, 1.807) is 6.08 Å². The maximum Gasteiger partial charge on any atom is 0.159 e. The predicted molar refractivity (Wildman–Crippen MR) is 108 cm³/mol. The fourth-order valence-corrected chi connectivity index (χ4v) is 4.77. The van der Waals surface area contributed by atoms with Gasteiger partial charge >= 0.3 is 0 Å². The monoisotopic (exact) mass is 400 g/mol. The summed E-state index contributed by atoms with van der Waals surface area (Å²) in [7, 11) is 0. The van der Waals surface area contributed by atoms with E-state index in [2.05, 4.69) is 6.58 Å². The molecule has 0 saturated heterocycles. The molecular formula is C25H24F4. The Morgan fingerprint density at radius 1 is 0.862 bits per heavy atom. The van der Waals surface area contributed by atoms with Crippen LogP contribution in [0.4, 0.5) is 17.6 Å². The molecule has 2 aromatic carbocycles. The molecular weight excluding hydrogens is 376 g/mol. The highest BCUT2D eigenvalue weighted by molar-refractivity contribution is 5.89. The smallest absolute Gasteiger partial charge is 0.159 e. The van der Waals surface area contributed by atoms with Gasteiger partial charge in [-0.2, -0.15) is 0 Å². The highest BCUT2D eigenvalue weighted by Gasteiger charge is 2.26. The molecule has 0 aromatic heterocycles. The van der Waals surface area contributed by atoms with Crippen LogP contribution in [-0.4, -0.2) is 0 Å². The topological polar surface area (TPSA) is 0 Å². The first-order chi connectivity index (χ1) is 14.0. The Balaban J connectivity index is 1.53. The second-order valence-corrected chi connectivity index (χ2v) is 8.25. The molecule has 4 rings (SSSR count). The quantitative estimate of drug-likeness (QED) is 0.358. The van der Waals surface area contributed by atoms with Gasteiger partial charge in [-0.1, -0.05) is 12.2 Å². The van der Waals surface area contributed by atoms with Gasteiger partial charge in [-0.05, 0) is 103 Å². The predicted octanol–water partition coefficient (Wildman–Crippen LogP) is 7.58. The molecule has 1 saturated carbocycles. The zero-order valence-electron chi connectivity index (χ0n) is 16.3. The Labute approximate surface area is 169 Å². The van der Waals surface area contributed by atoms with Crippen molar-refractivity contribution in [2.45, 2.75) is 50.9 Å². The van der Waals surface area contributed by atoms with Crippen molar-refractivity contribution in [1.82, 2.24) is 0 Å². The molecule has 4 heteroatoms. The minimum absolute atomic E-state index is 0.0922. The van der Waals surface area contributed by atoms with Crippen LogP contribution in [0.5, 0.6) is 0 Å². The number of fused-ring (bicyclic) bond motifs is 1. The van der Waals surface area contributed by atoms with Gasteiger partial charge in [0.05, 0.1) is 0 Å². The summed E-state index contributed by atoms with van der Waals surface area (Å²) >= 11 is 0. The van der Waals surface area contributed by atoms with Gasteiger partial charge in [0.15, 0.2) is 11.6 Å². The van der Waals surface area contributed by atoms with E-state index in [1.165, 1.54) is 12.1 Å². The van der Waals surface area contributed by atoms with Gasteiger partial charge in [-0.15, -0.1) is 6.58 Å². The van der Waals surface area contributed by atoms with Gasteiger partial charge in [0.2, 0.25) is 0 Å². The van der Waals surface area contributed by atoms with Gasteiger partial charge in [-0.3, -0.25) is 0 Å². The minimum Gasteiger partial charge on any atom is -0.206 e. The van der Waals surface area contributed by atoms with Crippen LogP contribution in [0, 0.1) is 29.2 Å². The van der Waals surface area contributed by atoms with E-state index < -0.39 is 23.3 Å². The Morgan fingerprint density at radius 2 is 1.52 bits per heavy atom. The molecule has 0 bridgehead atoms. The molecule has 2 aromatic rings. The van der Waals surface area contributed by atoms with E-state index in [4.69, 9.17) is 0 Å². The zero-order chi connectivity index (χ0) is 20.5. The molecule has 0 nitrogen and oxygen atoms in total. The molecule has 0 radical (unpaired) electrons. The van der Waals surface area contributed by atoms with E-state index in [0.717, 1.165) is 50.7 Å². The van der Waals surface area contributed by atoms with E-state index >= 15 is 0 Å². The van der Waals surface area contributed by atoms with Crippen LogP contribution < -0.4 is 0 Å². The molecule has 0 aliphatic heterocycles. The molecule has 2 aliphatic carbocycles. The summed E-state index contributed by atoms with van der Waals surface area (Å²) in [6.07, 6.45) is 9.83. The van der Waals surface area contributed by atoms with Gasteiger partial charge in [0.25, 0.3) is 0 Å². The van der Waals surface area contributed by atoms with Crippen LogP contribution >= 0.6 is 0 Å². The first-order valence-electron chi connectivity index (χ1n) is 10.2. The fraction of sp³-hybridized carbons (Fsp3) is 0.360. The van der Waals surface area contributed by atoms with Crippen molar-refractivity contribution in [3.05, 3.63) is 82.4 Å². The Kier molecular flexibility index (Phi) is 5.62. The highest BCUT2D eigenvalue weighted by atomic mass is 19.2. The van der Waals surface area contributed by atoms with Gasteiger partial charge in [0, 0.05) is 5.56 Å². The molecule has 0 N–H and O–H groups in total. The molecule has 2 aliphatic rings. The van der Waals surface area contributed by atoms with Crippen molar-refractivity contribution in [2.75, 3.05) is 0 Å². The van der Waals surface area contributed by atoms with E-state index in [-0.39, 0.29) is 17.9 Å². The first kappa shape index (κ1) is 19.9. The lowest BCUT2D eigenvalue weighted by atomic mass is 9.77. The Bertz CT molecular complexity index is 942. The number of allylic oxidation sites excluding steroid dienone is 2. The molecule has 0 spiro atoms. The van der Waals surface area contributed by atoms with E-state index in [9.17, 15) is 17.6 Å². The normalized spacial score (nSPS) is 21.0. The molecule has 152 valence electrons. The van der Waals surface area contributed by atoms with Gasteiger partial charge in [0.1, 0.15) is 11.6 Å². The van der Waals surface area contributed by atoms with Gasteiger partial charge < -0.3 is 0 Å². The van der Waals surface area contributed by atoms with E-state index in [0.29, 0.717) is 28.2 Å². The number of benzene rings is 2. The van der Waals surface area contributed by atoms with Crippen LogP contribution in [-0.2, 0) is 6.42 Å². The third-order valence-electron chi connectivity index (χ3n) is 6.38. The van der Waals surface area contributed by atoms with Crippen molar-refractivity contribution in [3.63, 3.8) is 0 Å². The van der Waals surface area contributed by atoms with Crippen molar-refractivity contribution in [1.29, 1.82) is 0 Å². The van der Waals surface area contributed by atoms with Crippen LogP contribution in [0.3, 0.4) is 0 Å². The number of hydrogen-bond acceptors (Lipinski definition) is 0. The minimum atomic E-state index is -0.957. The average molecular weight is 400 g/mol. The third kappa shape index (κ3) is 4.03. The Hall–Kier alpha value is -2.36. The van der Waals surface area contributed by atoms with Gasteiger partial charge in [-0.25, -0.2) is 17.6 Å². The first-order valence-corrected chi connectivity index (χ1v) is 10.2. The largest absolute Gasteiger partial charge is 0.206 e. The lowest BCUT2D eigenvalue weighted by Gasteiger charge is -2.29. The van der Waals surface area contributed by atoms with Crippen LogP contribution in [0.1, 0.15) is 66.7 Å². The van der Waals surface area contributed by atoms with Crippen LogP contribution in [0.25, 0.3) is 11.6 Å². The second-order valence-electron chi connectivity index (χ2n) is 8.25. The summed E-state index contributed by atoms with van der Waals surface area (Å²) in [4.78, 5) is 0. The summed E-state index contributed by atoms with van der Waals surface area (Å²) in [6.45, 7) is 3.76. The second kappa shape index (κ2) is 8.17. The number of halogens is 4. The Morgan fingerprint density at radius 3 is 2.17 bits per heavy atom. The SMILES string of the molecule is C=CCCC1CCC(c2cc(F)c(C3=Cc4cc(F)c(F)cc4C3)c(F)c2)CC1. The molecule has 29 heavy (non-hydrogen) atoms. The number of rotatable bonds is 5. The summed E-state index contributed by atoms with van der Waals surface area (Å²) in [5.41, 5.74) is 2.04. The standard InChI is InChI=1S/C25H24F4/c1-2-3-4-15-5-7-16(8-6-15)19-13-23(28)25(24(29)14-19)20-9-17-11-21(26)22(27)12-18(17)10-20/h2,9,11-16H,1,3-8,10H2. The zero-order valence-corrected chi connectivity index (χ0v) is 16.3. The molecule has 0 atom stereocenters. The maximum atomic E-state index is 14.9. The summed E-state index contributed by atoms with van der Waals surface area (Å²) in [6, 6.07) is 5.06. The third-order valence-corrected chi connectivity index (χ3v) is 6.38. The van der Waals surface area contributed by atoms with E-state index in [1.807, 2.05) is 6.08 Å². The summed E-state index contributed by atoms with van der Waals surface area (Å²) < 4.78 is 56.7. The number of hydrogen-bond donors (Lipinski definition) is 0. The van der Waals surface area contributed by atoms with Crippen molar-refractivity contribution in [3.8, 4) is 0 Å². The highest BCUT2D eigenvalue weighted by Crippen LogP contribution is 2.40. The molecule has 0 amide bonds. The maximum absolute atomic E-state index is 14.9. The summed E-state index contributed by atoms with van der Waals surface area (Å²) in [5, 5.41) is 0. The van der Waals surface area contributed by atoms with Crippen molar-refractivity contribution >= 4 is 11.6 Å². The fourth-order valence-electron chi connectivity index (χ4n) is 4.77. The lowest BCUT2D eigenvalue weighted by Crippen LogP contribution is -2.14. The average Bonchev–Trinajstić information content (AvgIpc) is 3.08. The lowest BCUT2D eigenvalue weighted by molar-refractivity contribution is 0.311. The van der Waals surface area contributed by atoms with Crippen LogP contribution in [0.2, 0.25) is 0 Å². The van der Waals surface area contributed by atoms with Crippen molar-refractivity contribution in [2.24, 2.45) is 5.92 Å². The van der Waals surface area contributed by atoms with Crippen molar-refractivity contribution < 1.29 is 17.6 Å².